The SMILES string of the molecule is [SiH3]Cc1cccs1. The smallest absolute Gasteiger partial charge is 0.00938 e. The predicted octanol–water partition coefficient (Wildman–Crippen LogP) is 0.614. The van der Waals surface area contributed by atoms with E-state index < -0.39 is 0 Å². The third-order valence-electron chi connectivity index (χ3n) is 0.929. The highest BCUT2D eigenvalue weighted by Crippen LogP contribution is 2.06. The van der Waals surface area contributed by atoms with Crippen molar-refractivity contribution in [1.82, 2.24) is 0 Å². The Labute approximate surface area is 50.6 Å². The van der Waals surface area contributed by atoms with Crippen molar-refractivity contribution in [2.75, 3.05) is 0 Å². The highest BCUT2D eigenvalue weighted by atomic mass is 32.1. The lowest BCUT2D eigenvalue weighted by Crippen LogP contribution is -1.71. The number of rotatable bonds is 1. The van der Waals surface area contributed by atoms with Crippen LogP contribution < -0.4 is 0 Å². The van der Waals surface area contributed by atoms with Crippen molar-refractivity contribution in [3.63, 3.8) is 0 Å². The van der Waals surface area contributed by atoms with Crippen LogP contribution in [0.15, 0.2) is 17.5 Å². The van der Waals surface area contributed by atoms with Crippen LogP contribution in [0.1, 0.15) is 4.88 Å². The Morgan fingerprint density at radius 3 is 2.86 bits per heavy atom. The molecule has 38 valence electrons. The Bertz CT molecular complexity index is 123. The average molecular weight is 128 g/mol. The van der Waals surface area contributed by atoms with Gasteiger partial charge in [-0.25, -0.2) is 0 Å². The van der Waals surface area contributed by atoms with Crippen LogP contribution in [-0.4, -0.2) is 10.2 Å². The van der Waals surface area contributed by atoms with Crippen LogP contribution in [0.5, 0.6) is 0 Å². The molecule has 7 heavy (non-hydrogen) atoms. The Morgan fingerprint density at radius 1 is 1.71 bits per heavy atom. The Hall–Kier alpha value is -0.0831. The van der Waals surface area contributed by atoms with Crippen molar-refractivity contribution in [2.45, 2.75) is 6.04 Å². The number of thiophene rings is 1. The fourth-order valence-electron chi connectivity index (χ4n) is 0.514. The molecule has 0 unspecified atom stereocenters. The van der Waals surface area contributed by atoms with E-state index in [4.69, 9.17) is 0 Å². The normalized spacial score (nSPS) is 9.71. The average Bonchev–Trinajstić information content (AvgIpc) is 2.14. The molecule has 0 fully saturated rings. The monoisotopic (exact) mass is 128 g/mol. The van der Waals surface area contributed by atoms with E-state index >= 15 is 0 Å². The van der Waals surface area contributed by atoms with Gasteiger partial charge in [-0.15, -0.1) is 11.3 Å². The zero-order valence-electron chi connectivity index (χ0n) is 4.35. The van der Waals surface area contributed by atoms with Gasteiger partial charge in [0.05, 0.1) is 0 Å². The molecule has 0 saturated heterocycles. The molecule has 0 N–H and O–H groups in total. The van der Waals surface area contributed by atoms with Crippen molar-refractivity contribution in [1.29, 1.82) is 0 Å². The highest BCUT2D eigenvalue weighted by Gasteiger charge is 1.82. The molecule has 0 saturated carbocycles. The molecule has 1 aromatic heterocycles. The lowest BCUT2D eigenvalue weighted by atomic mass is 10.5. The van der Waals surface area contributed by atoms with Gasteiger partial charge in [0.25, 0.3) is 0 Å². The van der Waals surface area contributed by atoms with Gasteiger partial charge in [0.2, 0.25) is 0 Å². The third-order valence-corrected chi connectivity index (χ3v) is 3.22. The van der Waals surface area contributed by atoms with Crippen molar-refractivity contribution in [3.05, 3.63) is 22.4 Å². The summed E-state index contributed by atoms with van der Waals surface area (Å²) in [6.07, 6.45) is 0. The summed E-state index contributed by atoms with van der Waals surface area (Å²) in [7, 11) is 1.30. The fourth-order valence-corrected chi connectivity index (χ4v) is 1.91. The first-order chi connectivity index (χ1) is 3.43. The van der Waals surface area contributed by atoms with E-state index in [9.17, 15) is 0 Å². The van der Waals surface area contributed by atoms with E-state index in [2.05, 4.69) is 17.5 Å². The van der Waals surface area contributed by atoms with Gasteiger partial charge in [0, 0.05) is 15.1 Å². The molecule has 1 aromatic rings. The molecule has 0 amide bonds. The maximum absolute atomic E-state index is 2.19. The van der Waals surface area contributed by atoms with Gasteiger partial charge in [-0.2, -0.15) is 0 Å². The number of hydrogen-bond donors (Lipinski definition) is 0. The molecular weight excluding hydrogens is 120 g/mol. The first kappa shape index (κ1) is 5.06. The second kappa shape index (κ2) is 2.28. The Morgan fingerprint density at radius 2 is 2.57 bits per heavy atom. The second-order valence-corrected chi connectivity index (χ2v) is 3.17. The van der Waals surface area contributed by atoms with Crippen LogP contribution in [0.3, 0.4) is 0 Å². The van der Waals surface area contributed by atoms with Gasteiger partial charge < -0.3 is 0 Å². The molecule has 0 aliphatic carbocycles. The quantitative estimate of drug-likeness (QED) is 0.486. The first-order valence-electron chi connectivity index (χ1n) is 2.46. The Balaban J connectivity index is 2.76. The summed E-state index contributed by atoms with van der Waals surface area (Å²) in [6.45, 7) is 0. The summed E-state index contributed by atoms with van der Waals surface area (Å²) in [5.74, 6) is 0. The highest BCUT2D eigenvalue weighted by molar-refractivity contribution is 7.10. The van der Waals surface area contributed by atoms with Gasteiger partial charge >= 0.3 is 0 Å². The van der Waals surface area contributed by atoms with E-state index in [1.165, 1.54) is 21.2 Å². The molecule has 2 heteroatoms. The van der Waals surface area contributed by atoms with Crippen LogP contribution in [0.25, 0.3) is 0 Å². The van der Waals surface area contributed by atoms with Crippen molar-refractivity contribution in [3.8, 4) is 0 Å². The van der Waals surface area contributed by atoms with Crippen molar-refractivity contribution < 1.29 is 0 Å². The summed E-state index contributed by atoms with van der Waals surface area (Å²) in [6, 6.07) is 5.62. The van der Waals surface area contributed by atoms with E-state index in [0.717, 1.165) is 0 Å². The van der Waals surface area contributed by atoms with E-state index in [1.54, 1.807) is 0 Å². The van der Waals surface area contributed by atoms with Crippen LogP contribution in [0.2, 0.25) is 0 Å². The maximum Gasteiger partial charge on any atom is 0.00938 e. The van der Waals surface area contributed by atoms with E-state index in [-0.39, 0.29) is 0 Å². The molecule has 0 aliphatic rings. The van der Waals surface area contributed by atoms with Crippen LogP contribution in [0, 0.1) is 0 Å². The van der Waals surface area contributed by atoms with Gasteiger partial charge in [-0.05, 0) is 17.5 Å². The standard InChI is InChI=1S/C5H8SSi/c7-4-5-2-1-3-6-5/h1-3H,4H2,7H3. The third kappa shape index (κ3) is 1.14. The first-order valence-corrected chi connectivity index (χ1v) is 4.75. The zero-order chi connectivity index (χ0) is 5.11. The molecule has 0 spiro atoms. The molecule has 0 radical (unpaired) electrons. The van der Waals surface area contributed by atoms with Crippen LogP contribution >= 0.6 is 11.3 Å². The van der Waals surface area contributed by atoms with E-state index in [0.29, 0.717) is 0 Å². The summed E-state index contributed by atoms with van der Waals surface area (Å²) >= 11 is 1.86. The minimum atomic E-state index is 1.30. The van der Waals surface area contributed by atoms with Crippen LogP contribution in [-0.2, 0) is 6.04 Å². The fraction of sp³-hybridized carbons (Fsp3) is 0.200. The molecule has 0 nitrogen and oxygen atoms in total. The molecule has 0 atom stereocenters. The van der Waals surface area contributed by atoms with Gasteiger partial charge in [-0.1, -0.05) is 6.07 Å². The molecule has 1 rings (SSSR count). The minimum Gasteiger partial charge on any atom is -0.149 e. The predicted molar refractivity (Wildman–Crippen MR) is 38.0 cm³/mol. The minimum absolute atomic E-state index is 1.30. The summed E-state index contributed by atoms with van der Waals surface area (Å²) in [5, 5.41) is 2.13. The number of hydrogen-bond acceptors (Lipinski definition) is 1. The lowest BCUT2D eigenvalue weighted by Gasteiger charge is -1.78. The van der Waals surface area contributed by atoms with Gasteiger partial charge in [0.1, 0.15) is 0 Å². The summed E-state index contributed by atoms with van der Waals surface area (Å²) < 4.78 is 0. The van der Waals surface area contributed by atoms with Gasteiger partial charge in [-0.3, -0.25) is 0 Å². The summed E-state index contributed by atoms with van der Waals surface area (Å²) in [4.78, 5) is 1.53. The Kier molecular flexibility index (Phi) is 1.65. The molecule has 0 bridgehead atoms. The topological polar surface area (TPSA) is 0 Å². The van der Waals surface area contributed by atoms with E-state index in [1.807, 2.05) is 11.3 Å². The molecule has 0 aromatic carbocycles. The van der Waals surface area contributed by atoms with Crippen molar-refractivity contribution in [2.24, 2.45) is 0 Å². The maximum atomic E-state index is 2.19. The lowest BCUT2D eigenvalue weighted by molar-refractivity contribution is 1.53. The summed E-state index contributed by atoms with van der Waals surface area (Å²) in [5.41, 5.74) is 0. The zero-order valence-corrected chi connectivity index (χ0v) is 7.16. The largest absolute Gasteiger partial charge is 0.149 e. The van der Waals surface area contributed by atoms with Gasteiger partial charge in [0.15, 0.2) is 0 Å². The molecule has 0 aliphatic heterocycles. The molecule has 1 heterocycles. The van der Waals surface area contributed by atoms with Crippen molar-refractivity contribution >= 4 is 21.6 Å². The van der Waals surface area contributed by atoms with Crippen LogP contribution in [0.4, 0.5) is 0 Å². The second-order valence-electron chi connectivity index (χ2n) is 1.43. The molecular formula is C5H8SSi.